The van der Waals surface area contributed by atoms with E-state index in [2.05, 4.69) is 5.32 Å². The van der Waals surface area contributed by atoms with Crippen molar-refractivity contribution in [3.63, 3.8) is 0 Å². The fourth-order valence-corrected chi connectivity index (χ4v) is 3.36. The van der Waals surface area contributed by atoms with Crippen LogP contribution in [0.1, 0.15) is 23.8 Å². The maximum atomic E-state index is 13.2. The molecule has 152 valence electrons. The first-order chi connectivity index (χ1) is 14.6. The molecular formula is C24H22N2O4. The standard InChI is InChI=1S/C24H22N2O4/c1-3-29-19-7-4-6-18(14-19)25-22-21(17-11-9-16(2)10-12-17)23(27)26(24(22)28)15-20-8-5-13-30-20/h4-14,25H,3,15H2,1-2H3. The van der Waals surface area contributed by atoms with Gasteiger partial charge in [0.1, 0.15) is 17.2 Å². The molecule has 0 radical (unpaired) electrons. The van der Waals surface area contributed by atoms with Crippen LogP contribution < -0.4 is 10.1 Å². The SMILES string of the molecule is CCOc1cccc(NC2=C(c3ccc(C)cc3)C(=O)N(Cc3ccco3)C2=O)c1. The van der Waals surface area contributed by atoms with Crippen LogP contribution in [0.3, 0.4) is 0 Å². The van der Waals surface area contributed by atoms with Gasteiger partial charge in [-0.15, -0.1) is 0 Å². The van der Waals surface area contributed by atoms with E-state index < -0.39 is 5.91 Å². The number of aryl methyl sites for hydroxylation is 1. The van der Waals surface area contributed by atoms with E-state index in [0.717, 1.165) is 5.56 Å². The van der Waals surface area contributed by atoms with Crippen LogP contribution >= 0.6 is 0 Å². The minimum absolute atomic E-state index is 0.0736. The predicted molar refractivity (Wildman–Crippen MR) is 114 cm³/mol. The Morgan fingerprint density at radius 1 is 1.00 bits per heavy atom. The van der Waals surface area contributed by atoms with E-state index >= 15 is 0 Å². The van der Waals surface area contributed by atoms with Crippen molar-refractivity contribution in [1.82, 2.24) is 4.90 Å². The molecule has 0 spiro atoms. The van der Waals surface area contributed by atoms with Gasteiger partial charge < -0.3 is 14.5 Å². The molecule has 4 rings (SSSR count). The number of anilines is 1. The van der Waals surface area contributed by atoms with Gasteiger partial charge in [0.2, 0.25) is 0 Å². The number of nitrogens with one attached hydrogen (secondary N) is 1. The quantitative estimate of drug-likeness (QED) is 0.594. The first-order valence-electron chi connectivity index (χ1n) is 9.76. The lowest BCUT2D eigenvalue weighted by Gasteiger charge is -2.14. The number of benzene rings is 2. The highest BCUT2D eigenvalue weighted by molar-refractivity contribution is 6.36. The van der Waals surface area contributed by atoms with E-state index in [1.807, 2.05) is 56.3 Å². The van der Waals surface area contributed by atoms with E-state index in [9.17, 15) is 9.59 Å². The summed E-state index contributed by atoms with van der Waals surface area (Å²) in [6.07, 6.45) is 1.52. The zero-order valence-electron chi connectivity index (χ0n) is 16.8. The highest BCUT2D eigenvalue weighted by Gasteiger charge is 2.39. The van der Waals surface area contributed by atoms with E-state index in [0.29, 0.717) is 34.9 Å². The van der Waals surface area contributed by atoms with Gasteiger partial charge in [-0.1, -0.05) is 35.9 Å². The lowest BCUT2D eigenvalue weighted by atomic mass is 10.0. The highest BCUT2D eigenvalue weighted by atomic mass is 16.5. The van der Waals surface area contributed by atoms with Gasteiger partial charge >= 0.3 is 0 Å². The number of hydrogen-bond donors (Lipinski definition) is 1. The summed E-state index contributed by atoms with van der Waals surface area (Å²) < 4.78 is 10.9. The number of amides is 2. The molecule has 0 atom stereocenters. The average Bonchev–Trinajstić information content (AvgIpc) is 3.33. The molecule has 3 aromatic rings. The van der Waals surface area contributed by atoms with E-state index in [-0.39, 0.29) is 18.1 Å². The van der Waals surface area contributed by atoms with Gasteiger partial charge in [-0.05, 0) is 43.7 Å². The maximum Gasteiger partial charge on any atom is 0.278 e. The number of nitrogens with zero attached hydrogens (tertiary/aromatic N) is 1. The first-order valence-corrected chi connectivity index (χ1v) is 9.76. The van der Waals surface area contributed by atoms with Crippen LogP contribution in [0.25, 0.3) is 5.57 Å². The van der Waals surface area contributed by atoms with Crippen LogP contribution in [0.15, 0.2) is 77.0 Å². The molecule has 0 bridgehead atoms. The number of hydrogen-bond acceptors (Lipinski definition) is 5. The summed E-state index contributed by atoms with van der Waals surface area (Å²) in [5, 5.41) is 3.15. The highest BCUT2D eigenvalue weighted by Crippen LogP contribution is 2.32. The van der Waals surface area contributed by atoms with Crippen molar-refractivity contribution >= 4 is 23.1 Å². The van der Waals surface area contributed by atoms with Crippen LogP contribution in [0.4, 0.5) is 5.69 Å². The molecule has 1 aromatic heterocycles. The summed E-state index contributed by atoms with van der Waals surface area (Å²) in [7, 11) is 0. The summed E-state index contributed by atoms with van der Waals surface area (Å²) in [5.74, 6) is 0.473. The zero-order chi connectivity index (χ0) is 21.1. The van der Waals surface area contributed by atoms with Crippen molar-refractivity contribution in [3.05, 3.63) is 89.5 Å². The second-order valence-corrected chi connectivity index (χ2v) is 6.98. The minimum Gasteiger partial charge on any atom is -0.494 e. The van der Waals surface area contributed by atoms with Gasteiger partial charge in [0.25, 0.3) is 11.8 Å². The molecule has 0 aliphatic carbocycles. The van der Waals surface area contributed by atoms with Crippen molar-refractivity contribution in [2.24, 2.45) is 0 Å². The Labute approximate surface area is 174 Å². The lowest BCUT2D eigenvalue weighted by Crippen LogP contribution is -2.31. The van der Waals surface area contributed by atoms with Crippen LogP contribution in [-0.4, -0.2) is 23.3 Å². The maximum absolute atomic E-state index is 13.2. The normalized spacial score (nSPS) is 13.9. The monoisotopic (exact) mass is 402 g/mol. The average molecular weight is 402 g/mol. The lowest BCUT2D eigenvalue weighted by molar-refractivity contribution is -0.137. The van der Waals surface area contributed by atoms with E-state index in [4.69, 9.17) is 9.15 Å². The fourth-order valence-electron chi connectivity index (χ4n) is 3.36. The van der Waals surface area contributed by atoms with Gasteiger partial charge in [0, 0.05) is 11.8 Å². The molecule has 1 aliphatic rings. The molecule has 30 heavy (non-hydrogen) atoms. The van der Waals surface area contributed by atoms with Crippen LogP contribution in [-0.2, 0) is 16.1 Å². The van der Waals surface area contributed by atoms with Crippen LogP contribution in [0.5, 0.6) is 5.75 Å². The van der Waals surface area contributed by atoms with E-state index in [1.54, 1.807) is 18.2 Å². The number of rotatable bonds is 7. The van der Waals surface area contributed by atoms with Crippen molar-refractivity contribution in [2.75, 3.05) is 11.9 Å². The third kappa shape index (κ3) is 3.85. The Morgan fingerprint density at radius 3 is 2.50 bits per heavy atom. The third-order valence-electron chi connectivity index (χ3n) is 4.82. The van der Waals surface area contributed by atoms with Gasteiger partial charge in [-0.25, -0.2) is 0 Å². The summed E-state index contributed by atoms with van der Waals surface area (Å²) in [5.41, 5.74) is 3.01. The fraction of sp³-hybridized carbons (Fsp3) is 0.167. The largest absolute Gasteiger partial charge is 0.494 e. The summed E-state index contributed by atoms with van der Waals surface area (Å²) >= 11 is 0. The van der Waals surface area contributed by atoms with E-state index in [1.165, 1.54) is 11.2 Å². The second-order valence-electron chi connectivity index (χ2n) is 6.98. The predicted octanol–water partition coefficient (Wildman–Crippen LogP) is 4.38. The number of furan rings is 1. The third-order valence-corrected chi connectivity index (χ3v) is 4.82. The van der Waals surface area contributed by atoms with Gasteiger partial charge in [-0.3, -0.25) is 14.5 Å². The molecular weight excluding hydrogens is 380 g/mol. The summed E-state index contributed by atoms with van der Waals surface area (Å²) in [6.45, 7) is 4.49. The molecule has 1 N–H and O–H groups in total. The Balaban J connectivity index is 1.73. The number of carbonyl (C=O) groups excluding carboxylic acids is 2. The molecule has 6 nitrogen and oxygen atoms in total. The van der Waals surface area contributed by atoms with Gasteiger partial charge in [-0.2, -0.15) is 0 Å². The molecule has 2 amide bonds. The summed E-state index contributed by atoms with van der Waals surface area (Å²) in [4.78, 5) is 27.7. The minimum atomic E-state index is -0.395. The number of imide groups is 1. The molecule has 6 heteroatoms. The molecule has 1 aliphatic heterocycles. The Hall–Kier alpha value is -3.80. The van der Waals surface area contributed by atoms with Gasteiger partial charge in [0.05, 0.1) is 25.0 Å². The Morgan fingerprint density at radius 2 is 1.80 bits per heavy atom. The molecule has 0 saturated heterocycles. The molecule has 0 saturated carbocycles. The molecule has 2 aromatic carbocycles. The van der Waals surface area contributed by atoms with Crippen molar-refractivity contribution in [3.8, 4) is 5.75 Å². The zero-order valence-corrected chi connectivity index (χ0v) is 16.8. The molecule has 2 heterocycles. The summed E-state index contributed by atoms with van der Waals surface area (Å²) in [6, 6.07) is 18.3. The van der Waals surface area contributed by atoms with Crippen molar-refractivity contribution in [2.45, 2.75) is 20.4 Å². The Kier molecular flexibility index (Phi) is 5.39. The first kappa shape index (κ1) is 19.5. The van der Waals surface area contributed by atoms with Gasteiger partial charge in [0.15, 0.2) is 0 Å². The van der Waals surface area contributed by atoms with Crippen molar-refractivity contribution < 1.29 is 18.7 Å². The molecule has 0 fully saturated rings. The number of ether oxygens (including phenoxy) is 1. The second kappa shape index (κ2) is 8.29. The topological polar surface area (TPSA) is 71.8 Å². The Bertz CT molecular complexity index is 1100. The van der Waals surface area contributed by atoms with Crippen molar-refractivity contribution in [1.29, 1.82) is 0 Å². The smallest absolute Gasteiger partial charge is 0.278 e. The molecule has 0 unspecified atom stereocenters. The van der Waals surface area contributed by atoms with Crippen LogP contribution in [0, 0.1) is 6.92 Å². The van der Waals surface area contributed by atoms with Crippen LogP contribution in [0.2, 0.25) is 0 Å². The number of carbonyl (C=O) groups is 2.